The van der Waals surface area contributed by atoms with E-state index in [0.29, 0.717) is 32.9 Å². The number of nitrogens with one attached hydrogen (secondary N) is 1. The molecule has 1 atom stereocenters. The maximum absolute atomic E-state index is 13.8. The predicted octanol–water partition coefficient (Wildman–Crippen LogP) is 5.79. The number of hydrogen-bond donors (Lipinski definition) is 1. The summed E-state index contributed by atoms with van der Waals surface area (Å²) in [5.74, 6) is -0.927. The van der Waals surface area contributed by atoms with Crippen LogP contribution in [0.2, 0.25) is 15.1 Å². The first-order valence-electron chi connectivity index (χ1n) is 11.9. The number of halogens is 3. The highest BCUT2D eigenvalue weighted by molar-refractivity contribution is 7.92. The van der Waals surface area contributed by atoms with Crippen molar-refractivity contribution in [3.63, 3.8) is 0 Å². The highest BCUT2D eigenvalue weighted by Crippen LogP contribution is 2.26. The van der Waals surface area contributed by atoms with Gasteiger partial charge in [-0.2, -0.15) is 0 Å². The molecule has 0 radical (unpaired) electrons. The Morgan fingerprint density at radius 2 is 1.58 bits per heavy atom. The Bertz CT molecular complexity index is 1370. The SMILES string of the molecule is CCCNC(=O)[C@@H](C)N(Cc1ccc(Cl)c(Cl)c1)C(=O)CN(c1ccccc1)S(=O)(=O)c1ccc(Cl)cc1. The lowest BCUT2D eigenvalue weighted by molar-refractivity contribution is -0.139. The third-order valence-corrected chi connectivity index (χ3v) is 8.56. The number of sulfonamides is 1. The standard InChI is InChI=1S/C27H28Cl3N3O4S/c1-3-15-31-27(35)19(2)32(17-20-9-14-24(29)25(30)16-20)26(34)18-33(22-7-5-4-6-8-22)38(36,37)23-12-10-21(28)11-13-23/h4-14,16,19H,3,15,17-18H2,1-2H3,(H,31,35)/t19-/m1/s1. The summed E-state index contributed by atoms with van der Waals surface area (Å²) < 4.78 is 28.4. The molecule has 0 heterocycles. The third-order valence-electron chi connectivity index (χ3n) is 5.78. The average Bonchev–Trinajstić information content (AvgIpc) is 2.91. The first kappa shape index (κ1) is 29.8. The Labute approximate surface area is 238 Å². The molecule has 0 spiro atoms. The monoisotopic (exact) mass is 595 g/mol. The van der Waals surface area contributed by atoms with Gasteiger partial charge in [0.1, 0.15) is 12.6 Å². The van der Waals surface area contributed by atoms with Crippen LogP contribution in [-0.4, -0.2) is 44.3 Å². The van der Waals surface area contributed by atoms with E-state index in [1.165, 1.54) is 29.2 Å². The van der Waals surface area contributed by atoms with E-state index in [0.717, 1.165) is 10.7 Å². The molecule has 0 aliphatic rings. The van der Waals surface area contributed by atoms with Crippen LogP contribution in [0.5, 0.6) is 0 Å². The molecule has 0 saturated heterocycles. The van der Waals surface area contributed by atoms with E-state index in [2.05, 4.69) is 5.32 Å². The Hall–Kier alpha value is -2.78. The van der Waals surface area contributed by atoms with Crippen molar-refractivity contribution in [2.45, 2.75) is 37.8 Å². The summed E-state index contributed by atoms with van der Waals surface area (Å²) in [7, 11) is -4.16. The summed E-state index contributed by atoms with van der Waals surface area (Å²) in [5, 5.41) is 3.83. The smallest absolute Gasteiger partial charge is 0.264 e. The number of nitrogens with zero attached hydrogens (tertiary/aromatic N) is 2. The Morgan fingerprint density at radius 1 is 0.921 bits per heavy atom. The fourth-order valence-corrected chi connectivity index (χ4v) is 5.53. The van der Waals surface area contributed by atoms with Crippen molar-refractivity contribution in [3.05, 3.63) is 93.4 Å². The van der Waals surface area contributed by atoms with Gasteiger partial charge in [-0.05, 0) is 67.4 Å². The molecule has 11 heteroatoms. The van der Waals surface area contributed by atoms with Gasteiger partial charge in [0, 0.05) is 18.1 Å². The van der Waals surface area contributed by atoms with Crippen LogP contribution in [0.4, 0.5) is 5.69 Å². The maximum atomic E-state index is 13.8. The number of anilines is 1. The van der Waals surface area contributed by atoms with Gasteiger partial charge in [0.05, 0.1) is 20.6 Å². The highest BCUT2D eigenvalue weighted by atomic mass is 35.5. The fourth-order valence-electron chi connectivity index (χ4n) is 3.67. The highest BCUT2D eigenvalue weighted by Gasteiger charge is 2.32. The molecule has 0 unspecified atom stereocenters. The number of hydrogen-bond acceptors (Lipinski definition) is 4. The van der Waals surface area contributed by atoms with Crippen molar-refractivity contribution in [2.24, 2.45) is 0 Å². The first-order chi connectivity index (χ1) is 18.0. The van der Waals surface area contributed by atoms with Gasteiger partial charge in [-0.25, -0.2) is 8.42 Å². The average molecular weight is 597 g/mol. The van der Waals surface area contributed by atoms with Crippen molar-refractivity contribution >= 4 is 62.3 Å². The zero-order valence-electron chi connectivity index (χ0n) is 20.9. The van der Waals surface area contributed by atoms with Crippen LogP contribution >= 0.6 is 34.8 Å². The molecule has 3 rings (SSSR count). The lowest BCUT2D eigenvalue weighted by Crippen LogP contribution is -2.51. The Morgan fingerprint density at radius 3 is 2.18 bits per heavy atom. The Kier molecular flexibility index (Phi) is 10.4. The molecule has 2 amide bonds. The van der Waals surface area contributed by atoms with Gasteiger partial charge in [-0.15, -0.1) is 0 Å². The minimum Gasteiger partial charge on any atom is -0.354 e. The zero-order valence-corrected chi connectivity index (χ0v) is 24.0. The second-order valence-corrected chi connectivity index (χ2v) is 11.7. The van der Waals surface area contributed by atoms with E-state index in [4.69, 9.17) is 34.8 Å². The number of carbonyl (C=O) groups excluding carboxylic acids is 2. The molecular weight excluding hydrogens is 569 g/mol. The lowest BCUT2D eigenvalue weighted by atomic mass is 10.1. The number of para-hydroxylation sites is 1. The van der Waals surface area contributed by atoms with Crippen molar-refractivity contribution in [3.8, 4) is 0 Å². The minimum atomic E-state index is -4.16. The molecule has 0 bridgehead atoms. The first-order valence-corrected chi connectivity index (χ1v) is 14.5. The summed E-state index contributed by atoms with van der Waals surface area (Å²) in [6.45, 7) is 3.44. The third kappa shape index (κ3) is 7.41. The van der Waals surface area contributed by atoms with E-state index < -0.39 is 28.5 Å². The molecule has 38 heavy (non-hydrogen) atoms. The van der Waals surface area contributed by atoms with Crippen LogP contribution in [0.3, 0.4) is 0 Å². The van der Waals surface area contributed by atoms with E-state index in [-0.39, 0.29) is 17.3 Å². The minimum absolute atomic E-state index is 0.0139. The summed E-state index contributed by atoms with van der Waals surface area (Å²) in [6.07, 6.45) is 0.723. The molecule has 0 aromatic heterocycles. The van der Waals surface area contributed by atoms with E-state index in [1.807, 2.05) is 6.92 Å². The summed E-state index contributed by atoms with van der Waals surface area (Å²) >= 11 is 18.2. The lowest BCUT2D eigenvalue weighted by Gasteiger charge is -2.32. The van der Waals surface area contributed by atoms with Gasteiger partial charge in [0.25, 0.3) is 10.0 Å². The topological polar surface area (TPSA) is 86.8 Å². The van der Waals surface area contributed by atoms with Crippen LogP contribution in [0.15, 0.2) is 77.7 Å². The molecule has 0 aliphatic carbocycles. The normalized spacial score (nSPS) is 12.0. The molecule has 1 N–H and O–H groups in total. The zero-order chi connectivity index (χ0) is 27.9. The van der Waals surface area contributed by atoms with Crippen LogP contribution in [0.25, 0.3) is 0 Å². The molecule has 202 valence electrons. The second-order valence-electron chi connectivity index (χ2n) is 8.54. The summed E-state index contributed by atoms with van der Waals surface area (Å²) in [6, 6.07) is 18.0. The molecule has 3 aromatic rings. The molecule has 3 aromatic carbocycles. The maximum Gasteiger partial charge on any atom is 0.264 e. The van der Waals surface area contributed by atoms with Gasteiger partial charge >= 0.3 is 0 Å². The molecule has 0 aliphatic heterocycles. The molecular formula is C27H28Cl3N3O4S. The molecule has 0 saturated carbocycles. The van der Waals surface area contributed by atoms with Crippen LogP contribution in [0, 0.1) is 0 Å². The van der Waals surface area contributed by atoms with E-state index >= 15 is 0 Å². The fraction of sp³-hybridized carbons (Fsp3) is 0.259. The van der Waals surface area contributed by atoms with Crippen LogP contribution in [0.1, 0.15) is 25.8 Å². The largest absolute Gasteiger partial charge is 0.354 e. The van der Waals surface area contributed by atoms with Crippen molar-refractivity contribution < 1.29 is 18.0 Å². The van der Waals surface area contributed by atoms with Gasteiger partial charge < -0.3 is 10.2 Å². The van der Waals surface area contributed by atoms with Gasteiger partial charge in [-0.1, -0.05) is 66.0 Å². The van der Waals surface area contributed by atoms with Crippen LogP contribution in [-0.2, 0) is 26.2 Å². The summed E-state index contributed by atoms with van der Waals surface area (Å²) in [5.41, 5.74) is 0.933. The molecule has 7 nitrogen and oxygen atoms in total. The van der Waals surface area contributed by atoms with Crippen molar-refractivity contribution in [1.82, 2.24) is 10.2 Å². The number of carbonyl (C=O) groups is 2. The van der Waals surface area contributed by atoms with Crippen molar-refractivity contribution in [1.29, 1.82) is 0 Å². The van der Waals surface area contributed by atoms with Crippen molar-refractivity contribution in [2.75, 3.05) is 17.4 Å². The second kappa shape index (κ2) is 13.3. The number of benzene rings is 3. The van der Waals surface area contributed by atoms with Gasteiger partial charge in [0.15, 0.2) is 0 Å². The van der Waals surface area contributed by atoms with E-state index in [1.54, 1.807) is 55.5 Å². The number of rotatable bonds is 11. The molecule has 0 fully saturated rings. The Balaban J connectivity index is 2.00. The predicted molar refractivity (Wildman–Crippen MR) is 152 cm³/mol. The van der Waals surface area contributed by atoms with Gasteiger partial charge in [-0.3, -0.25) is 13.9 Å². The van der Waals surface area contributed by atoms with E-state index in [9.17, 15) is 18.0 Å². The van der Waals surface area contributed by atoms with Gasteiger partial charge in [0.2, 0.25) is 11.8 Å². The number of amides is 2. The summed E-state index contributed by atoms with van der Waals surface area (Å²) in [4.78, 5) is 28.0. The quantitative estimate of drug-likeness (QED) is 0.304. The van der Waals surface area contributed by atoms with Crippen LogP contribution < -0.4 is 9.62 Å².